The zero-order chi connectivity index (χ0) is 16.7. The Bertz CT molecular complexity index is 706. The number of thiocarbonyl (C=S) groups is 1. The molecule has 0 spiro atoms. The van der Waals surface area contributed by atoms with Crippen LogP contribution in [0.15, 0.2) is 48.5 Å². The maximum Gasteiger partial charge on any atom is 0.338 e. The Kier molecular flexibility index (Phi) is 6.05. The number of rotatable bonds is 5. The third kappa shape index (κ3) is 5.34. The fourth-order valence-electron chi connectivity index (χ4n) is 1.94. The Balaban J connectivity index is 1.92. The van der Waals surface area contributed by atoms with E-state index < -0.39 is 0 Å². The van der Waals surface area contributed by atoms with E-state index in [0.29, 0.717) is 29.5 Å². The first-order chi connectivity index (χ1) is 11.1. The molecule has 4 nitrogen and oxygen atoms in total. The van der Waals surface area contributed by atoms with Crippen molar-refractivity contribution in [3.63, 3.8) is 0 Å². The number of carbonyl (C=O) groups is 1. The number of hydrogen-bond donors (Lipinski definition) is 2. The van der Waals surface area contributed by atoms with Gasteiger partial charge in [0.15, 0.2) is 5.11 Å². The second-order valence-corrected chi connectivity index (χ2v) is 5.15. The SMILES string of the molecule is CCOC(=O)c1cccc(NC(=S)NCc2cccc(F)c2)c1. The summed E-state index contributed by atoms with van der Waals surface area (Å²) in [5.74, 6) is -0.667. The first kappa shape index (κ1) is 16.9. The molecule has 0 saturated carbocycles. The number of esters is 1. The Hall–Kier alpha value is -2.47. The molecule has 2 N–H and O–H groups in total. The van der Waals surface area contributed by atoms with E-state index in [1.165, 1.54) is 12.1 Å². The van der Waals surface area contributed by atoms with Crippen LogP contribution >= 0.6 is 12.2 Å². The zero-order valence-corrected chi connectivity index (χ0v) is 13.5. The topological polar surface area (TPSA) is 50.4 Å². The van der Waals surface area contributed by atoms with Gasteiger partial charge in [0.2, 0.25) is 0 Å². The molecule has 0 aromatic heterocycles. The highest BCUT2D eigenvalue weighted by atomic mass is 32.1. The summed E-state index contributed by atoms with van der Waals surface area (Å²) in [5, 5.41) is 6.35. The molecule has 0 heterocycles. The Morgan fingerprint density at radius 3 is 2.74 bits per heavy atom. The largest absolute Gasteiger partial charge is 0.462 e. The Labute approximate surface area is 139 Å². The summed E-state index contributed by atoms with van der Waals surface area (Å²) in [6.07, 6.45) is 0. The number of benzene rings is 2. The van der Waals surface area contributed by atoms with Crippen LogP contribution < -0.4 is 10.6 Å². The molecule has 23 heavy (non-hydrogen) atoms. The summed E-state index contributed by atoms with van der Waals surface area (Å²) in [6.45, 7) is 2.48. The van der Waals surface area contributed by atoms with Crippen molar-refractivity contribution in [3.8, 4) is 0 Å². The smallest absolute Gasteiger partial charge is 0.338 e. The van der Waals surface area contributed by atoms with Crippen LogP contribution in [0, 0.1) is 5.82 Å². The van der Waals surface area contributed by atoms with Gasteiger partial charge in [0, 0.05) is 12.2 Å². The second-order valence-electron chi connectivity index (χ2n) is 4.74. The van der Waals surface area contributed by atoms with Crippen molar-refractivity contribution >= 4 is 29.0 Å². The molecule has 2 aromatic carbocycles. The molecule has 0 saturated heterocycles. The highest BCUT2D eigenvalue weighted by molar-refractivity contribution is 7.80. The van der Waals surface area contributed by atoms with E-state index in [4.69, 9.17) is 17.0 Å². The monoisotopic (exact) mass is 332 g/mol. The predicted octanol–water partition coefficient (Wildman–Crippen LogP) is 3.49. The minimum Gasteiger partial charge on any atom is -0.462 e. The number of halogens is 1. The molecule has 0 bridgehead atoms. The molecular formula is C17H17FN2O2S. The van der Waals surface area contributed by atoms with Gasteiger partial charge < -0.3 is 15.4 Å². The molecule has 0 aliphatic rings. The third-order valence-corrected chi connectivity index (χ3v) is 3.22. The molecule has 0 fully saturated rings. The van der Waals surface area contributed by atoms with Gasteiger partial charge in [0.1, 0.15) is 5.82 Å². The van der Waals surface area contributed by atoms with Crippen LogP contribution in [-0.2, 0) is 11.3 Å². The maximum absolute atomic E-state index is 13.1. The van der Waals surface area contributed by atoms with Gasteiger partial charge in [-0.05, 0) is 55.0 Å². The first-order valence-electron chi connectivity index (χ1n) is 7.15. The lowest BCUT2D eigenvalue weighted by molar-refractivity contribution is 0.0526. The molecule has 0 aliphatic carbocycles. The molecule has 0 radical (unpaired) electrons. The van der Waals surface area contributed by atoms with Gasteiger partial charge in [0.05, 0.1) is 12.2 Å². The Morgan fingerprint density at radius 2 is 2.00 bits per heavy atom. The van der Waals surface area contributed by atoms with Crippen LogP contribution in [0.5, 0.6) is 0 Å². The molecule has 2 aromatic rings. The van der Waals surface area contributed by atoms with Crippen LogP contribution in [0.1, 0.15) is 22.8 Å². The molecule has 0 unspecified atom stereocenters. The molecular weight excluding hydrogens is 315 g/mol. The summed E-state index contributed by atoms with van der Waals surface area (Å²) < 4.78 is 18.1. The van der Waals surface area contributed by atoms with E-state index in [2.05, 4.69) is 10.6 Å². The number of hydrogen-bond acceptors (Lipinski definition) is 3. The van der Waals surface area contributed by atoms with Crippen molar-refractivity contribution in [3.05, 3.63) is 65.5 Å². The number of anilines is 1. The number of ether oxygens (including phenoxy) is 1. The van der Waals surface area contributed by atoms with Crippen LogP contribution in [0.25, 0.3) is 0 Å². The molecule has 2 rings (SSSR count). The lowest BCUT2D eigenvalue weighted by Gasteiger charge is -2.11. The van der Waals surface area contributed by atoms with Crippen molar-refractivity contribution in [1.29, 1.82) is 0 Å². The predicted molar refractivity (Wildman–Crippen MR) is 91.9 cm³/mol. The van der Waals surface area contributed by atoms with Crippen LogP contribution in [0.4, 0.5) is 10.1 Å². The maximum atomic E-state index is 13.1. The van der Waals surface area contributed by atoms with E-state index >= 15 is 0 Å². The first-order valence-corrected chi connectivity index (χ1v) is 7.56. The fourth-order valence-corrected chi connectivity index (χ4v) is 2.13. The van der Waals surface area contributed by atoms with Gasteiger partial charge in [-0.25, -0.2) is 9.18 Å². The van der Waals surface area contributed by atoms with Gasteiger partial charge in [-0.1, -0.05) is 18.2 Å². The highest BCUT2D eigenvalue weighted by Gasteiger charge is 2.07. The van der Waals surface area contributed by atoms with Crippen molar-refractivity contribution in [2.75, 3.05) is 11.9 Å². The normalized spacial score (nSPS) is 10.0. The molecule has 0 atom stereocenters. The van der Waals surface area contributed by atoms with Crippen LogP contribution in [0.2, 0.25) is 0 Å². The number of carbonyl (C=O) groups excluding carboxylic acids is 1. The minimum absolute atomic E-state index is 0.287. The lowest BCUT2D eigenvalue weighted by atomic mass is 10.2. The summed E-state index contributed by atoms with van der Waals surface area (Å²) in [4.78, 5) is 11.7. The van der Waals surface area contributed by atoms with Crippen molar-refractivity contribution in [2.24, 2.45) is 0 Å². The van der Waals surface area contributed by atoms with Crippen molar-refractivity contribution in [2.45, 2.75) is 13.5 Å². The number of nitrogens with one attached hydrogen (secondary N) is 2. The summed E-state index contributed by atoms with van der Waals surface area (Å²) >= 11 is 5.20. The zero-order valence-electron chi connectivity index (χ0n) is 12.6. The van der Waals surface area contributed by atoms with Gasteiger partial charge >= 0.3 is 5.97 Å². The van der Waals surface area contributed by atoms with Gasteiger partial charge in [-0.15, -0.1) is 0 Å². The third-order valence-electron chi connectivity index (χ3n) is 2.97. The average Bonchev–Trinajstić information content (AvgIpc) is 2.53. The average molecular weight is 332 g/mol. The van der Waals surface area contributed by atoms with Crippen LogP contribution in [-0.4, -0.2) is 17.7 Å². The van der Waals surface area contributed by atoms with Gasteiger partial charge in [-0.3, -0.25) is 0 Å². The molecule has 120 valence electrons. The van der Waals surface area contributed by atoms with Crippen molar-refractivity contribution in [1.82, 2.24) is 5.32 Å². The van der Waals surface area contributed by atoms with Crippen LogP contribution in [0.3, 0.4) is 0 Å². The summed E-state index contributed by atoms with van der Waals surface area (Å²) in [7, 11) is 0. The molecule has 0 aliphatic heterocycles. The van der Waals surface area contributed by atoms with E-state index in [1.54, 1.807) is 43.3 Å². The molecule has 0 amide bonds. The standard InChI is InChI=1S/C17H17FN2O2S/c1-2-22-16(21)13-6-4-8-15(10-13)20-17(23)19-11-12-5-3-7-14(18)9-12/h3-10H,2,11H2,1H3,(H2,19,20,23). The second kappa shape index (κ2) is 8.24. The van der Waals surface area contributed by atoms with E-state index in [-0.39, 0.29) is 11.8 Å². The van der Waals surface area contributed by atoms with Gasteiger partial charge in [-0.2, -0.15) is 0 Å². The van der Waals surface area contributed by atoms with E-state index in [9.17, 15) is 9.18 Å². The molecule has 6 heteroatoms. The fraction of sp³-hybridized carbons (Fsp3) is 0.176. The minimum atomic E-state index is -0.380. The summed E-state index contributed by atoms with van der Waals surface area (Å²) in [6, 6.07) is 13.1. The highest BCUT2D eigenvalue weighted by Crippen LogP contribution is 2.12. The van der Waals surface area contributed by atoms with Gasteiger partial charge in [0.25, 0.3) is 0 Å². The van der Waals surface area contributed by atoms with E-state index in [1.807, 2.05) is 0 Å². The Morgan fingerprint density at radius 1 is 1.22 bits per heavy atom. The van der Waals surface area contributed by atoms with Crippen molar-refractivity contribution < 1.29 is 13.9 Å². The quantitative estimate of drug-likeness (QED) is 0.648. The summed E-state index contributed by atoms with van der Waals surface area (Å²) in [5.41, 5.74) is 1.91. The lowest BCUT2D eigenvalue weighted by Crippen LogP contribution is -2.28. The van der Waals surface area contributed by atoms with E-state index in [0.717, 1.165) is 5.56 Å².